The van der Waals surface area contributed by atoms with E-state index in [2.05, 4.69) is 39.8 Å². The number of aliphatic carboxylic acids is 1. The second-order valence-corrected chi connectivity index (χ2v) is 7.88. The van der Waals surface area contributed by atoms with Gasteiger partial charge in [0, 0.05) is 11.0 Å². The highest BCUT2D eigenvalue weighted by molar-refractivity contribution is 7.99. The second kappa shape index (κ2) is 10.7. The predicted molar refractivity (Wildman–Crippen MR) is 103 cm³/mol. The number of methoxy groups -OCH3 is 1. The van der Waals surface area contributed by atoms with Gasteiger partial charge in [-0.2, -0.15) is 11.8 Å². The van der Waals surface area contributed by atoms with Gasteiger partial charge in [-0.25, -0.2) is 0 Å². The second-order valence-electron chi connectivity index (χ2n) is 6.65. The molecule has 24 heavy (non-hydrogen) atoms. The first-order valence-electron chi connectivity index (χ1n) is 8.90. The summed E-state index contributed by atoms with van der Waals surface area (Å²) < 4.78 is 5.20. The molecule has 0 fully saturated rings. The van der Waals surface area contributed by atoms with E-state index in [0.717, 1.165) is 30.8 Å². The molecule has 3 nitrogen and oxygen atoms in total. The fourth-order valence-electron chi connectivity index (χ4n) is 2.76. The van der Waals surface area contributed by atoms with Gasteiger partial charge in [0.25, 0.3) is 0 Å². The van der Waals surface area contributed by atoms with Crippen LogP contribution < -0.4 is 4.74 Å². The fraction of sp³-hybridized carbons (Fsp3) is 0.650. The number of carbonyl (C=O) groups is 1. The lowest BCUT2D eigenvalue weighted by Gasteiger charge is -2.28. The summed E-state index contributed by atoms with van der Waals surface area (Å²) in [5.41, 5.74) is 1.25. The first-order chi connectivity index (χ1) is 11.4. The molecule has 4 heteroatoms. The topological polar surface area (TPSA) is 46.5 Å². The molecule has 4 atom stereocenters. The van der Waals surface area contributed by atoms with Crippen LogP contribution >= 0.6 is 11.8 Å². The Bertz CT molecular complexity index is 486. The van der Waals surface area contributed by atoms with E-state index in [4.69, 9.17) is 4.74 Å². The van der Waals surface area contributed by atoms with Gasteiger partial charge in [0.05, 0.1) is 13.0 Å². The molecule has 1 aromatic carbocycles. The number of carboxylic acid groups (broad SMARTS) is 1. The van der Waals surface area contributed by atoms with Crippen molar-refractivity contribution in [2.45, 2.75) is 58.0 Å². The summed E-state index contributed by atoms with van der Waals surface area (Å²) in [4.78, 5) is 11.7. The number of thioether (sulfide) groups is 1. The monoisotopic (exact) mass is 352 g/mol. The highest BCUT2D eigenvalue weighted by Crippen LogP contribution is 2.34. The van der Waals surface area contributed by atoms with Crippen molar-refractivity contribution >= 4 is 17.7 Å². The van der Waals surface area contributed by atoms with Crippen LogP contribution in [0.1, 0.15) is 52.5 Å². The molecular weight excluding hydrogens is 320 g/mol. The fourth-order valence-corrected chi connectivity index (χ4v) is 4.23. The third kappa shape index (κ3) is 6.39. The molecule has 0 aromatic heterocycles. The smallest absolute Gasteiger partial charge is 0.306 e. The highest BCUT2D eigenvalue weighted by Gasteiger charge is 2.29. The minimum atomic E-state index is -0.650. The largest absolute Gasteiger partial charge is 0.497 e. The molecule has 0 saturated carbocycles. The van der Waals surface area contributed by atoms with Crippen LogP contribution in [-0.2, 0) is 10.5 Å². The van der Waals surface area contributed by atoms with Crippen molar-refractivity contribution in [2.24, 2.45) is 17.8 Å². The van der Waals surface area contributed by atoms with E-state index in [0.29, 0.717) is 11.2 Å². The van der Waals surface area contributed by atoms with Gasteiger partial charge in [-0.1, -0.05) is 52.7 Å². The van der Waals surface area contributed by atoms with Crippen LogP contribution in [0.4, 0.5) is 0 Å². The molecule has 0 aliphatic heterocycles. The normalized spacial score (nSPS) is 16.2. The quantitative estimate of drug-likeness (QED) is 0.573. The summed E-state index contributed by atoms with van der Waals surface area (Å²) in [6.07, 6.45) is 2.74. The summed E-state index contributed by atoms with van der Waals surface area (Å²) in [7, 11) is 1.67. The zero-order valence-corrected chi connectivity index (χ0v) is 16.4. The van der Waals surface area contributed by atoms with Crippen LogP contribution in [0, 0.1) is 17.8 Å². The van der Waals surface area contributed by atoms with Gasteiger partial charge in [0.15, 0.2) is 0 Å². The molecule has 0 spiro atoms. The molecule has 0 aliphatic rings. The molecule has 0 radical (unpaired) electrons. The average Bonchev–Trinajstić information content (AvgIpc) is 2.60. The Hall–Kier alpha value is -1.16. The Balaban J connectivity index is 2.75. The van der Waals surface area contributed by atoms with Crippen molar-refractivity contribution in [1.82, 2.24) is 0 Å². The van der Waals surface area contributed by atoms with Gasteiger partial charge in [-0.05, 0) is 36.0 Å². The minimum absolute atomic E-state index is 0.218. The van der Waals surface area contributed by atoms with Crippen molar-refractivity contribution in [3.63, 3.8) is 0 Å². The standard InChI is InChI=1S/C20H32O3S/c1-6-14(3)18(20(21)22)12-19(15(4)7-2)24-13-16-8-10-17(23-5)11-9-16/h8-11,14-15,18-19H,6-7,12-13H2,1-5H3,(H,21,22). The Morgan fingerprint density at radius 3 is 2.17 bits per heavy atom. The predicted octanol–water partition coefficient (Wildman–Crippen LogP) is 5.48. The van der Waals surface area contributed by atoms with Crippen molar-refractivity contribution in [1.29, 1.82) is 0 Å². The van der Waals surface area contributed by atoms with Crippen LogP contribution in [0.25, 0.3) is 0 Å². The van der Waals surface area contributed by atoms with Crippen LogP contribution in [0.3, 0.4) is 0 Å². The van der Waals surface area contributed by atoms with Crippen molar-refractivity contribution in [3.05, 3.63) is 29.8 Å². The summed E-state index contributed by atoms with van der Waals surface area (Å²) in [5, 5.41) is 9.97. The van der Waals surface area contributed by atoms with E-state index in [1.165, 1.54) is 5.56 Å². The average molecular weight is 353 g/mol. The Morgan fingerprint density at radius 2 is 1.71 bits per heavy atom. The van der Waals surface area contributed by atoms with Gasteiger partial charge < -0.3 is 9.84 Å². The van der Waals surface area contributed by atoms with Crippen molar-refractivity contribution in [2.75, 3.05) is 7.11 Å². The summed E-state index contributed by atoms with van der Waals surface area (Å²) in [5.74, 6) is 1.60. The summed E-state index contributed by atoms with van der Waals surface area (Å²) in [6.45, 7) is 8.55. The maximum atomic E-state index is 11.7. The number of benzene rings is 1. The van der Waals surface area contributed by atoms with E-state index in [9.17, 15) is 9.90 Å². The highest BCUT2D eigenvalue weighted by atomic mass is 32.2. The van der Waals surface area contributed by atoms with Crippen molar-refractivity contribution < 1.29 is 14.6 Å². The Morgan fingerprint density at radius 1 is 1.12 bits per heavy atom. The van der Waals surface area contributed by atoms with Gasteiger partial charge >= 0.3 is 5.97 Å². The third-order valence-electron chi connectivity index (χ3n) is 5.04. The van der Waals surface area contributed by atoms with Crippen LogP contribution in [-0.4, -0.2) is 23.4 Å². The van der Waals surface area contributed by atoms with E-state index >= 15 is 0 Å². The van der Waals surface area contributed by atoms with E-state index in [-0.39, 0.29) is 11.8 Å². The zero-order chi connectivity index (χ0) is 18.1. The number of rotatable bonds is 11. The molecule has 4 unspecified atom stereocenters. The Kier molecular flexibility index (Phi) is 9.27. The van der Waals surface area contributed by atoms with Crippen LogP contribution in [0.2, 0.25) is 0 Å². The maximum Gasteiger partial charge on any atom is 0.306 e. The third-order valence-corrected chi connectivity index (χ3v) is 6.62. The van der Waals surface area contributed by atoms with E-state index in [1.807, 2.05) is 23.9 Å². The Labute approximate surface area is 151 Å². The van der Waals surface area contributed by atoms with Crippen LogP contribution in [0.5, 0.6) is 5.75 Å². The molecular formula is C20H32O3S. The summed E-state index contributed by atoms with van der Waals surface area (Å²) >= 11 is 1.89. The van der Waals surface area contributed by atoms with Gasteiger partial charge in [0.2, 0.25) is 0 Å². The maximum absolute atomic E-state index is 11.7. The zero-order valence-electron chi connectivity index (χ0n) is 15.6. The van der Waals surface area contributed by atoms with Gasteiger partial charge in [-0.3, -0.25) is 4.79 Å². The molecule has 1 N–H and O–H groups in total. The molecule has 1 aromatic rings. The molecule has 0 amide bonds. The lowest BCUT2D eigenvalue weighted by Crippen LogP contribution is -2.28. The lowest BCUT2D eigenvalue weighted by atomic mass is 9.85. The molecule has 0 bridgehead atoms. The molecule has 0 heterocycles. The van der Waals surface area contributed by atoms with E-state index < -0.39 is 5.97 Å². The summed E-state index contributed by atoms with van der Waals surface area (Å²) in [6, 6.07) is 8.13. The van der Waals surface area contributed by atoms with Crippen LogP contribution in [0.15, 0.2) is 24.3 Å². The number of hydrogen-bond donors (Lipinski definition) is 1. The number of carboxylic acids is 1. The first-order valence-corrected chi connectivity index (χ1v) is 9.95. The lowest BCUT2D eigenvalue weighted by molar-refractivity contribution is -0.143. The van der Waals surface area contributed by atoms with E-state index in [1.54, 1.807) is 7.11 Å². The molecule has 1 rings (SSSR count). The molecule has 0 saturated heterocycles. The number of hydrogen-bond acceptors (Lipinski definition) is 3. The SMILES string of the molecule is CCC(C)C(CC(C(=O)O)C(C)CC)SCc1ccc(OC)cc1. The first kappa shape index (κ1) is 20.9. The van der Waals surface area contributed by atoms with Crippen molar-refractivity contribution in [3.8, 4) is 5.75 Å². The molecule has 136 valence electrons. The minimum Gasteiger partial charge on any atom is -0.497 e. The van der Waals surface area contributed by atoms with Gasteiger partial charge in [0.1, 0.15) is 5.75 Å². The number of ether oxygens (including phenoxy) is 1. The van der Waals surface area contributed by atoms with Gasteiger partial charge in [-0.15, -0.1) is 0 Å². The molecule has 0 aliphatic carbocycles.